The highest BCUT2D eigenvalue weighted by Crippen LogP contribution is 2.43. The second kappa shape index (κ2) is 10.1. The van der Waals surface area contributed by atoms with Crippen LogP contribution >= 0.6 is 11.8 Å². The highest BCUT2D eigenvalue weighted by Gasteiger charge is 2.54. The Labute approximate surface area is 171 Å². The van der Waals surface area contributed by atoms with Gasteiger partial charge in [0.2, 0.25) is 0 Å². The molecule has 0 bridgehead atoms. The van der Waals surface area contributed by atoms with Gasteiger partial charge in [-0.1, -0.05) is 54.6 Å². The minimum absolute atomic E-state index is 0.128. The summed E-state index contributed by atoms with van der Waals surface area (Å²) >= 11 is 1.32. The van der Waals surface area contributed by atoms with Gasteiger partial charge in [0.15, 0.2) is 5.60 Å². The van der Waals surface area contributed by atoms with Crippen molar-refractivity contribution in [2.24, 2.45) is 5.73 Å². The molecule has 8 heteroatoms. The number of aliphatic hydroxyl groups is 1. The lowest BCUT2D eigenvalue weighted by atomic mass is 9.87. The van der Waals surface area contributed by atoms with Gasteiger partial charge >= 0.3 is 12.1 Å². The molecule has 0 saturated carbocycles. The fourth-order valence-electron chi connectivity index (χ4n) is 2.88. The first-order valence-corrected chi connectivity index (χ1v) is 10.3. The Hall–Kier alpha value is -2.03. The van der Waals surface area contributed by atoms with Crippen LogP contribution in [-0.2, 0) is 10.4 Å². The van der Waals surface area contributed by atoms with Crippen molar-refractivity contribution in [1.29, 1.82) is 0 Å². The zero-order valence-electron chi connectivity index (χ0n) is 15.7. The molecule has 0 fully saturated rings. The molecule has 158 valence electrons. The Morgan fingerprint density at radius 3 is 2.14 bits per heavy atom. The number of thioether (sulfide) groups is 1. The van der Waals surface area contributed by atoms with Gasteiger partial charge in [0, 0.05) is 0 Å². The van der Waals surface area contributed by atoms with Crippen molar-refractivity contribution in [1.82, 2.24) is 0 Å². The molecular formula is C21H24F3NO3S. The molecule has 0 aliphatic rings. The summed E-state index contributed by atoms with van der Waals surface area (Å²) in [4.78, 5) is 10.6. The number of benzene rings is 2. The predicted octanol–water partition coefficient (Wildman–Crippen LogP) is 4.42. The summed E-state index contributed by atoms with van der Waals surface area (Å²) in [5.74, 6) is -0.299. The predicted molar refractivity (Wildman–Crippen MR) is 109 cm³/mol. The summed E-state index contributed by atoms with van der Waals surface area (Å²) in [6.07, 6.45) is -4.91. The van der Waals surface area contributed by atoms with Crippen LogP contribution in [0.15, 0.2) is 54.6 Å². The summed E-state index contributed by atoms with van der Waals surface area (Å²) in [6, 6.07) is 14.1. The minimum Gasteiger partial charge on any atom is -0.480 e. The number of alkyl halides is 3. The number of hydrogen-bond acceptors (Lipinski definition) is 4. The number of hydrogen-bond donors (Lipinski definition) is 3. The first kappa shape index (κ1) is 23.3. The third-order valence-corrected chi connectivity index (χ3v) is 5.76. The summed E-state index contributed by atoms with van der Waals surface area (Å²) in [5.41, 5.74) is 3.91. The van der Waals surface area contributed by atoms with Crippen LogP contribution in [0.2, 0.25) is 0 Å². The van der Waals surface area contributed by atoms with E-state index in [1.165, 1.54) is 23.9 Å². The average molecular weight is 427 g/mol. The Bertz CT molecular complexity index is 784. The summed E-state index contributed by atoms with van der Waals surface area (Å²) < 4.78 is 40.9. The van der Waals surface area contributed by atoms with Gasteiger partial charge in [-0.3, -0.25) is 4.79 Å². The van der Waals surface area contributed by atoms with Crippen molar-refractivity contribution in [3.8, 4) is 11.1 Å². The van der Waals surface area contributed by atoms with E-state index < -0.39 is 30.2 Å². The molecule has 0 heterocycles. The second-order valence-corrected chi connectivity index (χ2v) is 7.98. The number of carbonyl (C=O) groups is 1. The van der Waals surface area contributed by atoms with E-state index in [0.29, 0.717) is 11.5 Å². The maximum Gasteiger partial charge on any atom is 0.421 e. The van der Waals surface area contributed by atoms with Crippen LogP contribution in [-0.4, -0.2) is 39.9 Å². The van der Waals surface area contributed by atoms with E-state index >= 15 is 0 Å². The van der Waals surface area contributed by atoms with Crippen LogP contribution in [0.25, 0.3) is 11.1 Å². The normalized spacial score (nSPS) is 14.9. The quantitative estimate of drug-likeness (QED) is 0.489. The summed E-state index contributed by atoms with van der Waals surface area (Å²) in [6.45, 7) is 0. The van der Waals surface area contributed by atoms with Crippen LogP contribution in [0.5, 0.6) is 0 Å². The van der Waals surface area contributed by atoms with E-state index in [0.717, 1.165) is 11.1 Å². The summed E-state index contributed by atoms with van der Waals surface area (Å²) in [7, 11) is 0. The van der Waals surface area contributed by atoms with Gasteiger partial charge < -0.3 is 15.9 Å². The molecule has 4 N–H and O–H groups in total. The molecule has 2 rings (SSSR count). The van der Waals surface area contributed by atoms with E-state index in [1.54, 1.807) is 12.1 Å². The highest BCUT2D eigenvalue weighted by molar-refractivity contribution is 7.99. The van der Waals surface area contributed by atoms with Gasteiger partial charge in [0.05, 0.1) is 0 Å². The molecule has 0 spiro atoms. The molecule has 2 atom stereocenters. The van der Waals surface area contributed by atoms with Gasteiger partial charge in [-0.2, -0.15) is 24.9 Å². The zero-order valence-corrected chi connectivity index (χ0v) is 16.5. The van der Waals surface area contributed by atoms with Crippen molar-refractivity contribution in [2.75, 3.05) is 11.5 Å². The Kier molecular flexibility index (Phi) is 8.13. The standard InChI is InChI=1S/C21H24F3NO3S/c22-21(23,24)20(28,12-4-13-29-14-11-18(25)19(26)27)17-9-7-16(8-10-17)15-5-2-1-3-6-15/h1-3,5-10,18,28H,4,11-14,25H2,(H,26,27). The smallest absolute Gasteiger partial charge is 0.421 e. The Morgan fingerprint density at radius 2 is 1.59 bits per heavy atom. The van der Waals surface area contributed by atoms with Crippen molar-refractivity contribution in [3.05, 3.63) is 60.2 Å². The third kappa shape index (κ3) is 6.22. The SMILES string of the molecule is NC(CCSCCCC(O)(c1ccc(-c2ccccc2)cc1)C(F)(F)F)C(=O)O. The van der Waals surface area contributed by atoms with E-state index in [-0.39, 0.29) is 18.4 Å². The highest BCUT2D eigenvalue weighted by atomic mass is 32.2. The number of aliphatic carboxylic acids is 1. The molecule has 0 aromatic heterocycles. The fraction of sp³-hybridized carbons (Fsp3) is 0.381. The van der Waals surface area contributed by atoms with Gasteiger partial charge in [0.25, 0.3) is 0 Å². The molecule has 2 aromatic rings. The first-order chi connectivity index (χ1) is 13.6. The van der Waals surface area contributed by atoms with Crippen LogP contribution in [0.4, 0.5) is 13.2 Å². The van der Waals surface area contributed by atoms with E-state index in [9.17, 15) is 23.1 Å². The number of rotatable bonds is 10. The van der Waals surface area contributed by atoms with Crippen molar-refractivity contribution < 1.29 is 28.2 Å². The molecule has 0 saturated heterocycles. The maximum absolute atomic E-state index is 13.6. The molecule has 0 radical (unpaired) electrons. The number of nitrogens with two attached hydrogens (primary N) is 1. The van der Waals surface area contributed by atoms with Crippen molar-refractivity contribution in [3.63, 3.8) is 0 Å². The average Bonchev–Trinajstić information content (AvgIpc) is 2.70. The molecule has 29 heavy (non-hydrogen) atoms. The molecule has 0 aliphatic carbocycles. The molecule has 0 amide bonds. The van der Waals surface area contributed by atoms with Gasteiger partial charge in [-0.25, -0.2) is 0 Å². The monoisotopic (exact) mass is 427 g/mol. The fourth-order valence-corrected chi connectivity index (χ4v) is 3.86. The Balaban J connectivity index is 2.00. The van der Waals surface area contributed by atoms with Crippen LogP contribution in [0.3, 0.4) is 0 Å². The molecule has 0 aliphatic heterocycles. The Morgan fingerprint density at radius 1 is 1.00 bits per heavy atom. The van der Waals surface area contributed by atoms with Crippen molar-refractivity contribution >= 4 is 17.7 Å². The van der Waals surface area contributed by atoms with Crippen molar-refractivity contribution in [2.45, 2.75) is 37.1 Å². The molecule has 2 unspecified atom stereocenters. The minimum atomic E-state index is -4.81. The maximum atomic E-state index is 13.6. The van der Waals surface area contributed by atoms with Gasteiger partial charge in [-0.15, -0.1) is 0 Å². The van der Waals surface area contributed by atoms with E-state index in [2.05, 4.69) is 0 Å². The van der Waals surface area contributed by atoms with E-state index in [1.807, 2.05) is 30.3 Å². The third-order valence-electron chi connectivity index (χ3n) is 4.66. The number of carboxylic acid groups (broad SMARTS) is 1. The summed E-state index contributed by atoms with van der Waals surface area (Å²) in [5, 5.41) is 19.2. The van der Waals surface area contributed by atoms with Gasteiger partial charge in [0.1, 0.15) is 6.04 Å². The van der Waals surface area contributed by atoms with Gasteiger partial charge in [-0.05, 0) is 47.5 Å². The number of carboxylic acids is 1. The molecular weight excluding hydrogens is 403 g/mol. The first-order valence-electron chi connectivity index (χ1n) is 9.16. The van der Waals surface area contributed by atoms with Crippen LogP contribution < -0.4 is 5.73 Å². The lowest BCUT2D eigenvalue weighted by Gasteiger charge is -2.31. The zero-order chi connectivity index (χ0) is 21.5. The lowest BCUT2D eigenvalue weighted by Crippen LogP contribution is -2.42. The van der Waals surface area contributed by atoms with Crippen LogP contribution in [0, 0.1) is 0 Å². The van der Waals surface area contributed by atoms with E-state index in [4.69, 9.17) is 10.8 Å². The second-order valence-electron chi connectivity index (χ2n) is 6.75. The molecule has 2 aromatic carbocycles. The lowest BCUT2D eigenvalue weighted by molar-refractivity contribution is -0.269. The topological polar surface area (TPSA) is 83.5 Å². The largest absolute Gasteiger partial charge is 0.480 e. The van der Waals surface area contributed by atoms with Crippen LogP contribution in [0.1, 0.15) is 24.8 Å². The number of halogens is 3. The molecule has 4 nitrogen and oxygen atoms in total.